The SMILES string of the molecule is Cc1ccnc(NC(=O)[C@H]2CCCN(S(=O)(=O)c3cc(-c4noc(C5CC5)n4)sc3C)C2)c1. The molecule has 5 rings (SSSR count). The van der Waals surface area contributed by atoms with Crippen molar-refractivity contribution in [2.75, 3.05) is 18.4 Å². The van der Waals surface area contributed by atoms with Gasteiger partial charge in [-0.1, -0.05) is 5.16 Å². The van der Waals surface area contributed by atoms with Gasteiger partial charge in [0.05, 0.1) is 15.7 Å². The summed E-state index contributed by atoms with van der Waals surface area (Å²) in [4.78, 5) is 23.0. The van der Waals surface area contributed by atoms with Crippen molar-refractivity contribution in [3.05, 3.63) is 40.7 Å². The number of aryl methyl sites for hydroxylation is 2. The molecule has 9 nitrogen and oxygen atoms in total. The second-order valence-electron chi connectivity index (χ2n) is 8.67. The molecule has 2 fully saturated rings. The third-order valence-corrected chi connectivity index (χ3v) is 9.17. The van der Waals surface area contributed by atoms with Crippen molar-refractivity contribution in [2.24, 2.45) is 5.92 Å². The molecule has 1 amide bonds. The van der Waals surface area contributed by atoms with Crippen molar-refractivity contribution < 1.29 is 17.7 Å². The lowest BCUT2D eigenvalue weighted by Gasteiger charge is -2.31. The maximum Gasteiger partial charge on any atom is 0.244 e. The van der Waals surface area contributed by atoms with Crippen molar-refractivity contribution in [1.29, 1.82) is 0 Å². The molecular formula is C22H25N5O4S2. The molecule has 1 N–H and O–H groups in total. The van der Waals surface area contributed by atoms with Crippen molar-refractivity contribution in [1.82, 2.24) is 19.4 Å². The minimum absolute atomic E-state index is 0.138. The Kier molecular flexibility index (Phi) is 5.79. The van der Waals surface area contributed by atoms with E-state index in [1.54, 1.807) is 25.3 Å². The molecule has 1 saturated carbocycles. The minimum Gasteiger partial charge on any atom is -0.339 e. The van der Waals surface area contributed by atoms with Gasteiger partial charge in [0.1, 0.15) is 5.82 Å². The van der Waals surface area contributed by atoms with Crippen LogP contribution in [-0.2, 0) is 14.8 Å². The molecule has 174 valence electrons. The number of anilines is 1. The second-order valence-corrected chi connectivity index (χ2v) is 11.8. The summed E-state index contributed by atoms with van der Waals surface area (Å²) in [7, 11) is -3.76. The lowest BCUT2D eigenvalue weighted by molar-refractivity contribution is -0.120. The van der Waals surface area contributed by atoms with Gasteiger partial charge in [0.2, 0.25) is 27.6 Å². The Morgan fingerprint density at radius 1 is 1.24 bits per heavy atom. The summed E-state index contributed by atoms with van der Waals surface area (Å²) < 4.78 is 33.7. The summed E-state index contributed by atoms with van der Waals surface area (Å²) in [6.45, 7) is 4.22. The van der Waals surface area contributed by atoms with E-state index < -0.39 is 15.9 Å². The summed E-state index contributed by atoms with van der Waals surface area (Å²) in [6.07, 6.45) is 4.98. The predicted octanol–water partition coefficient (Wildman–Crippen LogP) is 3.73. The number of nitrogens with zero attached hydrogens (tertiary/aromatic N) is 4. The highest BCUT2D eigenvalue weighted by atomic mass is 32.2. The maximum atomic E-state index is 13.5. The molecule has 0 unspecified atom stereocenters. The number of hydrogen-bond acceptors (Lipinski definition) is 8. The van der Waals surface area contributed by atoms with Crippen LogP contribution in [0.15, 0.2) is 33.8 Å². The van der Waals surface area contributed by atoms with Gasteiger partial charge in [0, 0.05) is 30.1 Å². The fourth-order valence-electron chi connectivity index (χ4n) is 4.01. The minimum atomic E-state index is -3.76. The summed E-state index contributed by atoms with van der Waals surface area (Å²) >= 11 is 1.34. The van der Waals surface area contributed by atoms with E-state index in [4.69, 9.17) is 4.52 Å². The number of pyridine rings is 1. The molecule has 0 bridgehead atoms. The number of rotatable bonds is 6. The molecule has 2 aliphatic rings. The number of aromatic nitrogens is 3. The molecule has 1 saturated heterocycles. The first-order chi connectivity index (χ1) is 15.8. The maximum absolute atomic E-state index is 13.5. The average Bonchev–Trinajstić information content (AvgIpc) is 3.38. The summed E-state index contributed by atoms with van der Waals surface area (Å²) in [6, 6.07) is 5.26. The molecule has 3 aromatic rings. The Morgan fingerprint density at radius 3 is 2.82 bits per heavy atom. The van der Waals surface area contributed by atoms with Crippen molar-refractivity contribution in [2.45, 2.75) is 50.3 Å². The molecule has 0 aromatic carbocycles. The number of thiophene rings is 1. The predicted molar refractivity (Wildman–Crippen MR) is 123 cm³/mol. The highest BCUT2D eigenvalue weighted by Gasteiger charge is 2.36. The Balaban J connectivity index is 1.32. The van der Waals surface area contributed by atoms with Gasteiger partial charge in [-0.25, -0.2) is 13.4 Å². The van der Waals surface area contributed by atoms with E-state index in [0.29, 0.717) is 52.6 Å². The molecule has 1 atom stereocenters. The van der Waals surface area contributed by atoms with Crippen LogP contribution in [0.5, 0.6) is 0 Å². The molecule has 0 spiro atoms. The van der Waals surface area contributed by atoms with E-state index in [2.05, 4.69) is 20.4 Å². The Labute approximate surface area is 196 Å². The number of sulfonamides is 1. The summed E-state index contributed by atoms with van der Waals surface area (Å²) in [5.41, 5.74) is 0.989. The normalized spacial score (nSPS) is 19.5. The molecule has 0 radical (unpaired) electrons. The van der Waals surface area contributed by atoms with Gasteiger partial charge in [0.25, 0.3) is 0 Å². The largest absolute Gasteiger partial charge is 0.339 e. The van der Waals surface area contributed by atoms with Gasteiger partial charge >= 0.3 is 0 Å². The summed E-state index contributed by atoms with van der Waals surface area (Å²) in [5, 5.41) is 6.86. The zero-order valence-corrected chi connectivity index (χ0v) is 20.1. The first kappa shape index (κ1) is 22.2. The number of carbonyl (C=O) groups is 1. The van der Waals surface area contributed by atoms with Crippen LogP contribution in [0, 0.1) is 19.8 Å². The molecule has 3 aromatic heterocycles. The van der Waals surface area contributed by atoms with E-state index >= 15 is 0 Å². The number of amides is 1. The molecule has 33 heavy (non-hydrogen) atoms. The molecule has 4 heterocycles. The van der Waals surface area contributed by atoms with Gasteiger partial charge in [-0.3, -0.25) is 4.79 Å². The summed E-state index contributed by atoms with van der Waals surface area (Å²) in [5.74, 6) is 1.20. The smallest absolute Gasteiger partial charge is 0.244 e. The van der Waals surface area contributed by atoms with E-state index in [-0.39, 0.29) is 17.3 Å². The third kappa shape index (κ3) is 4.57. The van der Waals surface area contributed by atoms with E-state index in [1.807, 2.05) is 13.0 Å². The average molecular weight is 488 g/mol. The zero-order valence-electron chi connectivity index (χ0n) is 18.4. The topological polar surface area (TPSA) is 118 Å². The molecule has 1 aliphatic heterocycles. The molecule has 1 aliphatic carbocycles. The number of hydrogen-bond donors (Lipinski definition) is 1. The monoisotopic (exact) mass is 487 g/mol. The Morgan fingerprint density at radius 2 is 2.06 bits per heavy atom. The van der Waals surface area contributed by atoms with Crippen LogP contribution in [-0.4, -0.2) is 46.8 Å². The standard InChI is InChI=1S/C22H25N5O4S2/c1-13-7-8-23-19(10-13)24-21(28)16-4-3-9-27(12-16)33(29,30)18-11-17(32-14(18)2)20-25-22(31-26-20)15-5-6-15/h7-8,10-11,15-16H,3-6,9,12H2,1-2H3,(H,23,24,28)/t16-/m0/s1. The van der Waals surface area contributed by atoms with Crippen LogP contribution in [0.25, 0.3) is 10.7 Å². The van der Waals surface area contributed by atoms with Crippen LogP contribution in [0.2, 0.25) is 0 Å². The molecular weight excluding hydrogens is 462 g/mol. The van der Waals surface area contributed by atoms with Crippen LogP contribution in [0.4, 0.5) is 5.82 Å². The second kappa shape index (κ2) is 8.62. The van der Waals surface area contributed by atoms with Crippen LogP contribution >= 0.6 is 11.3 Å². The van der Waals surface area contributed by atoms with Gasteiger partial charge < -0.3 is 9.84 Å². The van der Waals surface area contributed by atoms with Gasteiger partial charge in [-0.15, -0.1) is 11.3 Å². The van der Waals surface area contributed by atoms with Gasteiger partial charge in [-0.2, -0.15) is 9.29 Å². The third-order valence-electron chi connectivity index (χ3n) is 6.00. The van der Waals surface area contributed by atoms with E-state index in [0.717, 1.165) is 18.4 Å². The first-order valence-corrected chi connectivity index (χ1v) is 13.2. The van der Waals surface area contributed by atoms with Crippen molar-refractivity contribution in [3.63, 3.8) is 0 Å². The van der Waals surface area contributed by atoms with Crippen LogP contribution in [0.1, 0.15) is 47.9 Å². The van der Waals surface area contributed by atoms with Crippen LogP contribution < -0.4 is 5.32 Å². The first-order valence-electron chi connectivity index (χ1n) is 11.0. The Hall–Kier alpha value is -2.63. The van der Waals surface area contributed by atoms with E-state index in [1.165, 1.54) is 15.6 Å². The van der Waals surface area contributed by atoms with Gasteiger partial charge in [-0.05, 0) is 63.3 Å². The number of piperidine rings is 1. The lowest BCUT2D eigenvalue weighted by atomic mass is 9.99. The van der Waals surface area contributed by atoms with Crippen LogP contribution in [0.3, 0.4) is 0 Å². The molecule has 11 heteroatoms. The fourth-order valence-corrected chi connectivity index (χ4v) is 7.02. The van der Waals surface area contributed by atoms with Gasteiger partial charge in [0.15, 0.2) is 0 Å². The Bertz CT molecular complexity index is 1300. The highest BCUT2D eigenvalue weighted by Crippen LogP contribution is 2.41. The quantitative estimate of drug-likeness (QED) is 0.563. The van der Waals surface area contributed by atoms with Crippen molar-refractivity contribution in [3.8, 4) is 10.7 Å². The van der Waals surface area contributed by atoms with Crippen molar-refractivity contribution >= 4 is 33.1 Å². The number of carbonyl (C=O) groups excluding carboxylic acids is 1. The zero-order chi connectivity index (χ0) is 23.2. The highest BCUT2D eigenvalue weighted by molar-refractivity contribution is 7.89. The fraction of sp³-hybridized carbons (Fsp3) is 0.455. The number of nitrogens with one attached hydrogen (secondary N) is 1. The van der Waals surface area contributed by atoms with E-state index in [9.17, 15) is 13.2 Å². The lowest BCUT2D eigenvalue weighted by Crippen LogP contribution is -2.43.